The lowest BCUT2D eigenvalue weighted by molar-refractivity contribution is -0.123. The molecule has 1 amide bonds. The Morgan fingerprint density at radius 1 is 1.08 bits per heavy atom. The highest BCUT2D eigenvalue weighted by atomic mass is 19.1. The van der Waals surface area contributed by atoms with Gasteiger partial charge in [0.25, 0.3) is 0 Å². The minimum atomic E-state index is -1.08. The van der Waals surface area contributed by atoms with Gasteiger partial charge in [-0.1, -0.05) is 24.3 Å². The molecule has 0 aliphatic heterocycles. The van der Waals surface area contributed by atoms with Gasteiger partial charge in [-0.2, -0.15) is 0 Å². The van der Waals surface area contributed by atoms with Crippen LogP contribution in [0.5, 0.6) is 0 Å². The zero-order chi connectivity index (χ0) is 18.4. The van der Waals surface area contributed by atoms with Crippen LogP contribution in [-0.4, -0.2) is 36.6 Å². The van der Waals surface area contributed by atoms with Gasteiger partial charge in [0.2, 0.25) is 5.91 Å². The average Bonchev–Trinajstić information content (AvgIpc) is 2.54. The maximum Gasteiger partial charge on any atom is 0.223 e. The SMILES string of the molecule is CN(C)C(CNC(=O)CC(O)c1cccc(F)c1)c1cccc(F)c1. The minimum Gasteiger partial charge on any atom is -0.388 e. The molecule has 2 atom stereocenters. The first kappa shape index (κ1) is 19.0. The number of rotatable bonds is 7. The van der Waals surface area contributed by atoms with Gasteiger partial charge in [-0.05, 0) is 49.5 Å². The van der Waals surface area contributed by atoms with Gasteiger partial charge < -0.3 is 15.3 Å². The van der Waals surface area contributed by atoms with Crippen LogP contribution >= 0.6 is 0 Å². The topological polar surface area (TPSA) is 52.6 Å². The van der Waals surface area contributed by atoms with Crippen molar-refractivity contribution in [2.24, 2.45) is 0 Å². The fraction of sp³-hybridized carbons (Fsp3) is 0.316. The molecule has 25 heavy (non-hydrogen) atoms. The lowest BCUT2D eigenvalue weighted by atomic mass is 10.0. The number of carbonyl (C=O) groups is 1. The van der Waals surface area contributed by atoms with Gasteiger partial charge >= 0.3 is 0 Å². The second-order valence-corrected chi connectivity index (χ2v) is 6.11. The molecule has 2 aromatic rings. The van der Waals surface area contributed by atoms with Crippen molar-refractivity contribution in [1.29, 1.82) is 0 Å². The third-order valence-electron chi connectivity index (χ3n) is 3.96. The van der Waals surface area contributed by atoms with E-state index in [4.69, 9.17) is 0 Å². The Hall–Kier alpha value is -2.31. The summed E-state index contributed by atoms with van der Waals surface area (Å²) in [6.45, 7) is 0.269. The van der Waals surface area contributed by atoms with Gasteiger partial charge in [0.15, 0.2) is 0 Å². The molecular formula is C19H22F2N2O2. The lowest BCUT2D eigenvalue weighted by Gasteiger charge is -2.25. The van der Waals surface area contributed by atoms with Gasteiger partial charge in [0.05, 0.1) is 18.6 Å². The summed E-state index contributed by atoms with van der Waals surface area (Å²) in [7, 11) is 3.67. The van der Waals surface area contributed by atoms with E-state index < -0.39 is 11.9 Å². The number of carbonyl (C=O) groups excluding carboxylic acids is 1. The Kier molecular flexibility index (Phi) is 6.61. The number of aliphatic hydroxyl groups excluding tert-OH is 1. The van der Waals surface area contributed by atoms with Gasteiger partial charge in [-0.25, -0.2) is 8.78 Å². The molecular weight excluding hydrogens is 326 g/mol. The quantitative estimate of drug-likeness (QED) is 0.809. The predicted molar refractivity (Wildman–Crippen MR) is 91.8 cm³/mol. The van der Waals surface area contributed by atoms with E-state index in [2.05, 4.69) is 5.32 Å². The van der Waals surface area contributed by atoms with Crippen molar-refractivity contribution in [2.75, 3.05) is 20.6 Å². The van der Waals surface area contributed by atoms with Crippen LogP contribution in [0.3, 0.4) is 0 Å². The summed E-state index contributed by atoms with van der Waals surface area (Å²) in [6, 6.07) is 11.5. The number of nitrogens with one attached hydrogen (secondary N) is 1. The van der Waals surface area contributed by atoms with Crippen LogP contribution in [0, 0.1) is 11.6 Å². The van der Waals surface area contributed by atoms with Crippen LogP contribution < -0.4 is 5.32 Å². The maximum atomic E-state index is 13.4. The summed E-state index contributed by atoms with van der Waals surface area (Å²) in [4.78, 5) is 14.0. The summed E-state index contributed by atoms with van der Waals surface area (Å²) in [5, 5.41) is 12.8. The van der Waals surface area contributed by atoms with Crippen LogP contribution in [0.1, 0.15) is 29.7 Å². The molecule has 0 aromatic heterocycles. The fourth-order valence-electron chi connectivity index (χ4n) is 2.60. The monoisotopic (exact) mass is 348 g/mol. The third-order valence-corrected chi connectivity index (χ3v) is 3.96. The lowest BCUT2D eigenvalue weighted by Crippen LogP contribution is -2.35. The summed E-state index contributed by atoms with van der Waals surface area (Å²) in [5.41, 5.74) is 1.10. The zero-order valence-electron chi connectivity index (χ0n) is 14.2. The van der Waals surface area contributed by atoms with Crippen LogP contribution in [0.15, 0.2) is 48.5 Å². The third kappa shape index (κ3) is 5.62. The Balaban J connectivity index is 1.95. The van der Waals surface area contributed by atoms with Crippen molar-refractivity contribution < 1.29 is 18.7 Å². The molecule has 2 rings (SSSR count). The number of nitrogens with zero attached hydrogens (tertiary/aromatic N) is 1. The van der Waals surface area contributed by atoms with Gasteiger partial charge in [0, 0.05) is 6.54 Å². The molecule has 2 N–H and O–H groups in total. The minimum absolute atomic E-state index is 0.174. The highest BCUT2D eigenvalue weighted by molar-refractivity contribution is 5.76. The Morgan fingerprint density at radius 3 is 2.20 bits per heavy atom. The molecule has 2 aromatic carbocycles. The zero-order valence-corrected chi connectivity index (χ0v) is 14.2. The van der Waals surface area contributed by atoms with E-state index in [1.807, 2.05) is 19.0 Å². The van der Waals surface area contributed by atoms with Crippen molar-refractivity contribution in [3.05, 3.63) is 71.3 Å². The predicted octanol–water partition coefficient (Wildman–Crippen LogP) is 2.81. The largest absolute Gasteiger partial charge is 0.388 e. The molecule has 134 valence electrons. The number of benzene rings is 2. The second-order valence-electron chi connectivity index (χ2n) is 6.11. The van der Waals surface area contributed by atoms with Crippen molar-refractivity contribution in [1.82, 2.24) is 10.2 Å². The van der Waals surface area contributed by atoms with E-state index >= 15 is 0 Å². The van der Waals surface area contributed by atoms with Gasteiger partial charge in [-0.3, -0.25) is 4.79 Å². The first-order chi connectivity index (χ1) is 11.9. The molecule has 6 heteroatoms. The average molecular weight is 348 g/mol. The highest BCUT2D eigenvalue weighted by Gasteiger charge is 2.18. The summed E-state index contributed by atoms with van der Waals surface area (Å²) < 4.78 is 26.6. The highest BCUT2D eigenvalue weighted by Crippen LogP contribution is 2.20. The van der Waals surface area contributed by atoms with E-state index in [9.17, 15) is 18.7 Å². The number of hydrogen-bond acceptors (Lipinski definition) is 3. The van der Waals surface area contributed by atoms with Crippen molar-refractivity contribution in [3.8, 4) is 0 Å². The Labute approximate surface area is 146 Å². The summed E-state index contributed by atoms with van der Waals surface area (Å²) in [6.07, 6.45) is -1.25. The molecule has 0 bridgehead atoms. The van der Waals surface area contributed by atoms with E-state index in [0.29, 0.717) is 5.56 Å². The smallest absolute Gasteiger partial charge is 0.223 e. The number of hydrogen-bond donors (Lipinski definition) is 2. The molecule has 0 heterocycles. The van der Waals surface area contributed by atoms with Crippen LogP contribution in [0.2, 0.25) is 0 Å². The Bertz CT molecular complexity index is 722. The molecule has 0 saturated carbocycles. The normalized spacial score (nSPS) is 13.5. The number of halogens is 2. The summed E-state index contributed by atoms with van der Waals surface area (Å²) >= 11 is 0. The Morgan fingerprint density at radius 2 is 1.64 bits per heavy atom. The molecule has 0 fully saturated rings. The molecule has 0 aliphatic rings. The van der Waals surface area contributed by atoms with Crippen LogP contribution in [0.25, 0.3) is 0 Å². The van der Waals surface area contributed by atoms with E-state index in [1.54, 1.807) is 18.2 Å². The van der Waals surface area contributed by atoms with E-state index in [-0.39, 0.29) is 30.7 Å². The van der Waals surface area contributed by atoms with Crippen LogP contribution in [0.4, 0.5) is 8.78 Å². The van der Waals surface area contributed by atoms with Crippen molar-refractivity contribution in [3.63, 3.8) is 0 Å². The molecule has 0 spiro atoms. The molecule has 4 nitrogen and oxygen atoms in total. The number of amides is 1. The molecule has 0 saturated heterocycles. The second kappa shape index (κ2) is 8.69. The number of aliphatic hydroxyl groups is 1. The molecule has 0 aliphatic carbocycles. The van der Waals surface area contributed by atoms with Crippen molar-refractivity contribution in [2.45, 2.75) is 18.6 Å². The fourth-order valence-corrected chi connectivity index (χ4v) is 2.60. The van der Waals surface area contributed by atoms with Crippen molar-refractivity contribution >= 4 is 5.91 Å². The van der Waals surface area contributed by atoms with E-state index in [1.165, 1.54) is 30.3 Å². The first-order valence-corrected chi connectivity index (χ1v) is 7.99. The van der Waals surface area contributed by atoms with Gasteiger partial charge in [0.1, 0.15) is 11.6 Å². The van der Waals surface area contributed by atoms with Gasteiger partial charge in [-0.15, -0.1) is 0 Å². The summed E-state index contributed by atoms with van der Waals surface area (Å²) in [5.74, 6) is -1.16. The molecule has 0 radical (unpaired) electrons. The van der Waals surface area contributed by atoms with E-state index in [0.717, 1.165) is 5.56 Å². The first-order valence-electron chi connectivity index (χ1n) is 7.99. The molecule has 2 unspecified atom stereocenters. The standard InChI is InChI=1S/C19H22F2N2O2/c1-23(2)17(13-5-3-7-15(20)9-13)12-22-19(25)11-18(24)14-6-4-8-16(21)10-14/h3-10,17-18,24H,11-12H2,1-2H3,(H,22,25). The van der Waals surface area contributed by atoms with Crippen LogP contribution in [-0.2, 0) is 4.79 Å². The maximum absolute atomic E-state index is 13.4. The number of likely N-dealkylation sites (N-methyl/N-ethyl adjacent to an activating group) is 1.